The van der Waals surface area contributed by atoms with E-state index >= 15 is 0 Å². The normalized spacial score (nSPS) is 25.4. The van der Waals surface area contributed by atoms with Crippen LogP contribution in [0.2, 0.25) is 0 Å². The summed E-state index contributed by atoms with van der Waals surface area (Å²) in [6.45, 7) is 9.30. The molecular formula is C17H26BN3O2. The molecule has 0 saturated carbocycles. The zero-order valence-corrected chi connectivity index (χ0v) is 14.4. The van der Waals surface area contributed by atoms with Crippen molar-refractivity contribution in [3.05, 3.63) is 36.4 Å². The Morgan fingerprint density at radius 1 is 1.17 bits per heavy atom. The molecule has 3 rings (SSSR count). The summed E-state index contributed by atoms with van der Waals surface area (Å²) in [5, 5.41) is 3.46. The Kier molecular flexibility index (Phi) is 4.49. The van der Waals surface area contributed by atoms with E-state index in [9.17, 15) is 0 Å². The van der Waals surface area contributed by atoms with Gasteiger partial charge in [0.2, 0.25) is 0 Å². The largest absolute Gasteiger partial charge is 0.494 e. The minimum absolute atomic E-state index is 0.308. The van der Waals surface area contributed by atoms with Gasteiger partial charge >= 0.3 is 7.12 Å². The Morgan fingerprint density at radius 2 is 1.91 bits per heavy atom. The van der Waals surface area contributed by atoms with Gasteiger partial charge in [0.15, 0.2) is 0 Å². The number of nitrogens with zero attached hydrogens (tertiary/aromatic N) is 1. The molecule has 2 aliphatic heterocycles. The van der Waals surface area contributed by atoms with E-state index in [0.717, 1.165) is 24.3 Å². The monoisotopic (exact) mass is 315 g/mol. The van der Waals surface area contributed by atoms with Crippen molar-refractivity contribution in [1.82, 2.24) is 15.3 Å². The van der Waals surface area contributed by atoms with E-state index in [4.69, 9.17) is 9.31 Å². The van der Waals surface area contributed by atoms with Crippen LogP contribution in [0.1, 0.15) is 52.4 Å². The SMILES string of the molecule is CC1(C)OB(c2cccnc(C3CCCN3)[nH]cc2)OC1(C)C. The molecule has 2 saturated heterocycles. The molecule has 2 fully saturated rings. The highest BCUT2D eigenvalue weighted by molar-refractivity contribution is 6.62. The lowest BCUT2D eigenvalue weighted by Gasteiger charge is -2.32. The summed E-state index contributed by atoms with van der Waals surface area (Å²) in [5.74, 6) is 0.957. The number of hydrogen-bond acceptors (Lipinski definition) is 4. The maximum absolute atomic E-state index is 6.11. The van der Waals surface area contributed by atoms with Crippen molar-refractivity contribution in [2.24, 2.45) is 0 Å². The van der Waals surface area contributed by atoms with E-state index in [2.05, 4.69) is 43.0 Å². The van der Waals surface area contributed by atoms with Crippen LogP contribution in [0.25, 0.3) is 0 Å². The zero-order valence-electron chi connectivity index (χ0n) is 14.4. The predicted octanol–water partition coefficient (Wildman–Crippen LogP) is 2.26. The van der Waals surface area contributed by atoms with E-state index in [1.54, 1.807) is 0 Å². The summed E-state index contributed by atoms with van der Waals surface area (Å²) in [4.78, 5) is 7.83. The van der Waals surface area contributed by atoms with Crippen molar-refractivity contribution in [1.29, 1.82) is 0 Å². The van der Waals surface area contributed by atoms with Crippen LogP contribution < -0.4 is 10.8 Å². The molecule has 1 aromatic heterocycles. The van der Waals surface area contributed by atoms with E-state index in [1.807, 2.05) is 30.6 Å². The minimum atomic E-state index is -0.367. The summed E-state index contributed by atoms with van der Waals surface area (Å²) in [5.41, 5.74) is 0.303. The van der Waals surface area contributed by atoms with E-state index in [-0.39, 0.29) is 18.3 Å². The molecule has 1 unspecified atom stereocenters. The van der Waals surface area contributed by atoms with Crippen molar-refractivity contribution >= 4 is 12.6 Å². The Bertz CT molecular complexity index is 592. The van der Waals surface area contributed by atoms with Gasteiger partial charge < -0.3 is 19.6 Å². The third-order valence-corrected chi connectivity index (χ3v) is 5.01. The zero-order chi connectivity index (χ0) is 16.5. The molecule has 3 heterocycles. The van der Waals surface area contributed by atoms with Crippen LogP contribution in [0, 0.1) is 0 Å². The van der Waals surface area contributed by atoms with E-state index in [1.165, 1.54) is 6.42 Å². The summed E-state index contributed by atoms with van der Waals surface area (Å²) in [6.07, 6.45) is 6.05. The molecule has 2 N–H and O–H groups in total. The van der Waals surface area contributed by atoms with E-state index < -0.39 is 0 Å². The molecule has 0 aliphatic carbocycles. The molecule has 0 amide bonds. The van der Waals surface area contributed by atoms with Crippen LogP contribution in [0.4, 0.5) is 0 Å². The van der Waals surface area contributed by atoms with Crippen LogP contribution >= 0.6 is 0 Å². The van der Waals surface area contributed by atoms with Crippen LogP contribution in [0.5, 0.6) is 0 Å². The molecule has 5 nitrogen and oxygen atoms in total. The minimum Gasteiger partial charge on any atom is -0.399 e. The molecule has 124 valence electrons. The van der Waals surface area contributed by atoms with Gasteiger partial charge in [0.05, 0.1) is 17.2 Å². The number of rotatable bonds is 2. The van der Waals surface area contributed by atoms with Crippen molar-refractivity contribution in [3.8, 4) is 0 Å². The van der Waals surface area contributed by atoms with Gasteiger partial charge in [0, 0.05) is 12.4 Å². The standard InChI is InChI=1S/C17H26BN3O2/c1-16(2)17(3,4)23-18(22-16)13-7-5-11-20-15(21-12-9-13)14-8-6-10-19-14/h5,7,9,11-12,14,19H,6,8,10H2,1-4H3,(H,20,21). The van der Waals surface area contributed by atoms with Gasteiger partial charge in [-0.2, -0.15) is 0 Å². The van der Waals surface area contributed by atoms with Gasteiger partial charge in [-0.15, -0.1) is 0 Å². The number of aromatic nitrogens is 2. The summed E-state index contributed by atoms with van der Waals surface area (Å²) in [6, 6.07) is 6.24. The lowest BCUT2D eigenvalue weighted by atomic mass is 9.80. The molecular weight excluding hydrogens is 289 g/mol. The second-order valence-corrected chi connectivity index (χ2v) is 7.24. The lowest BCUT2D eigenvalue weighted by Crippen LogP contribution is -2.41. The molecule has 6 heteroatoms. The fourth-order valence-corrected chi connectivity index (χ4v) is 2.84. The second-order valence-electron chi connectivity index (χ2n) is 7.24. The van der Waals surface area contributed by atoms with Gasteiger partial charge in [-0.1, -0.05) is 6.07 Å². The number of nitrogens with one attached hydrogen (secondary N) is 2. The van der Waals surface area contributed by atoms with Crippen molar-refractivity contribution in [2.75, 3.05) is 6.54 Å². The summed E-state index contributed by atoms with van der Waals surface area (Å²) >= 11 is 0. The lowest BCUT2D eigenvalue weighted by molar-refractivity contribution is 0.00578. The highest BCUT2D eigenvalue weighted by Gasteiger charge is 2.51. The van der Waals surface area contributed by atoms with Gasteiger partial charge in [-0.3, -0.25) is 0 Å². The number of H-pyrrole nitrogens is 1. The second kappa shape index (κ2) is 6.26. The first-order valence-electron chi connectivity index (χ1n) is 8.36. The Hall–Kier alpha value is -1.37. The molecule has 0 aromatic carbocycles. The highest BCUT2D eigenvalue weighted by atomic mass is 16.7. The Labute approximate surface area is 138 Å². The molecule has 0 radical (unpaired) electrons. The fraction of sp³-hybridized carbons (Fsp3) is 0.588. The molecule has 2 aliphatic rings. The highest BCUT2D eigenvalue weighted by Crippen LogP contribution is 2.36. The Morgan fingerprint density at radius 3 is 2.57 bits per heavy atom. The first kappa shape index (κ1) is 16.5. The molecule has 1 atom stereocenters. The average molecular weight is 315 g/mol. The molecule has 0 spiro atoms. The van der Waals surface area contributed by atoms with Crippen LogP contribution in [0.3, 0.4) is 0 Å². The molecule has 23 heavy (non-hydrogen) atoms. The Balaban J connectivity index is 1.86. The van der Waals surface area contributed by atoms with Crippen molar-refractivity contribution in [2.45, 2.75) is 57.8 Å². The van der Waals surface area contributed by atoms with Crippen molar-refractivity contribution in [3.63, 3.8) is 0 Å². The van der Waals surface area contributed by atoms with Crippen LogP contribution in [-0.2, 0) is 9.31 Å². The number of aromatic amines is 1. The van der Waals surface area contributed by atoms with Crippen LogP contribution in [-0.4, -0.2) is 34.8 Å². The van der Waals surface area contributed by atoms with Crippen LogP contribution in [0.15, 0.2) is 30.6 Å². The summed E-state index contributed by atoms with van der Waals surface area (Å²) < 4.78 is 12.2. The first-order chi connectivity index (χ1) is 10.9. The molecule has 0 bridgehead atoms. The quantitative estimate of drug-likeness (QED) is 0.822. The molecule has 1 aromatic rings. The summed E-state index contributed by atoms with van der Waals surface area (Å²) in [7, 11) is -0.367. The smallest absolute Gasteiger partial charge is 0.399 e. The van der Waals surface area contributed by atoms with Gasteiger partial charge in [0.1, 0.15) is 5.82 Å². The maximum Gasteiger partial charge on any atom is 0.494 e. The maximum atomic E-state index is 6.11. The average Bonchev–Trinajstić information content (AvgIpc) is 3.08. The first-order valence-corrected chi connectivity index (χ1v) is 8.36. The van der Waals surface area contributed by atoms with Gasteiger partial charge in [-0.05, 0) is 64.7 Å². The van der Waals surface area contributed by atoms with Crippen molar-refractivity contribution < 1.29 is 9.31 Å². The van der Waals surface area contributed by atoms with Gasteiger partial charge in [-0.25, -0.2) is 4.98 Å². The number of hydrogen-bond donors (Lipinski definition) is 2. The topological polar surface area (TPSA) is 59.2 Å². The third kappa shape index (κ3) is 3.44. The fourth-order valence-electron chi connectivity index (χ4n) is 2.84. The van der Waals surface area contributed by atoms with E-state index in [0.29, 0.717) is 6.04 Å². The predicted molar refractivity (Wildman–Crippen MR) is 91.9 cm³/mol. The van der Waals surface area contributed by atoms with Gasteiger partial charge in [0.25, 0.3) is 0 Å². The third-order valence-electron chi connectivity index (χ3n) is 5.01.